The molecule has 3 amide bonds. The normalized spacial score (nSPS) is 14.6. The average molecular weight is 754 g/mol. The van der Waals surface area contributed by atoms with E-state index in [4.69, 9.17) is 9.47 Å². The van der Waals surface area contributed by atoms with Crippen molar-refractivity contribution in [1.29, 1.82) is 0 Å². The Labute approximate surface area is 325 Å². The van der Waals surface area contributed by atoms with E-state index in [0.29, 0.717) is 19.3 Å². The summed E-state index contributed by atoms with van der Waals surface area (Å²) in [5.74, 6) is -1.65. The summed E-state index contributed by atoms with van der Waals surface area (Å²) < 4.78 is 9.85. The molecule has 1 saturated carbocycles. The lowest BCUT2D eigenvalue weighted by Crippen LogP contribution is -2.66. The summed E-state index contributed by atoms with van der Waals surface area (Å²) in [7, 11) is 1.24. The van der Waals surface area contributed by atoms with Crippen molar-refractivity contribution in [2.24, 2.45) is 0 Å². The number of alkyl carbamates (subject to hydrolysis) is 1. The van der Waals surface area contributed by atoms with Crippen LogP contribution in [0.2, 0.25) is 0 Å². The fourth-order valence-electron chi connectivity index (χ4n) is 7.60. The predicted molar refractivity (Wildman–Crippen MR) is 213 cm³/mol. The van der Waals surface area contributed by atoms with Crippen LogP contribution in [0, 0.1) is 0 Å². The number of fused-ring (bicyclic) bond motifs is 3. The Hall–Kier alpha value is -5.87. The molecule has 0 aromatic heterocycles. The van der Waals surface area contributed by atoms with E-state index in [9.17, 15) is 19.2 Å². The van der Waals surface area contributed by atoms with Gasteiger partial charge in [0.25, 0.3) is 0 Å². The minimum absolute atomic E-state index is 0.0726. The van der Waals surface area contributed by atoms with Crippen molar-refractivity contribution in [2.75, 3.05) is 26.0 Å². The zero-order chi connectivity index (χ0) is 38.3. The number of carbonyl (C=O) groups is 4. The highest BCUT2D eigenvalue weighted by atomic mass is 32.2. The lowest BCUT2D eigenvalue weighted by Gasteiger charge is -2.42. The first-order valence-electron chi connectivity index (χ1n) is 18.4. The van der Waals surface area contributed by atoms with Crippen LogP contribution in [0.3, 0.4) is 0 Å². The number of rotatable bonds is 14. The standard InChI is InChI=1S/C45H43N3O6S/c1-53-40(49)28-46-42(51)44(26-15-27-44)48-41(50)39(47-43(52)54-29-38-36-24-13-11-22-34(36)35-23-12-14-25-37(35)38)30-55-45(31-16-5-2-6-17-31,32-18-7-3-8-19-32)33-20-9-4-10-21-33/h2-14,16-25,38-39H,15,26-30H2,1H3,(H,46,51)(H,47,52)(H,48,50)/t39-/m1/s1. The van der Waals surface area contributed by atoms with Crippen LogP contribution in [-0.4, -0.2) is 61.5 Å². The smallest absolute Gasteiger partial charge is 0.407 e. The van der Waals surface area contributed by atoms with Gasteiger partial charge in [0.2, 0.25) is 11.8 Å². The fraction of sp³-hybridized carbons (Fsp3) is 0.244. The molecule has 5 aromatic carbocycles. The summed E-state index contributed by atoms with van der Waals surface area (Å²) in [5.41, 5.74) is 6.12. The number of thioether (sulfide) groups is 1. The van der Waals surface area contributed by atoms with E-state index in [-0.39, 0.29) is 24.8 Å². The fourth-order valence-corrected chi connectivity index (χ4v) is 9.16. The van der Waals surface area contributed by atoms with Gasteiger partial charge < -0.3 is 25.4 Å². The third kappa shape index (κ3) is 7.73. The van der Waals surface area contributed by atoms with Crippen LogP contribution in [0.4, 0.5) is 4.79 Å². The number of ether oxygens (including phenoxy) is 2. The van der Waals surface area contributed by atoms with E-state index in [1.54, 1.807) is 0 Å². The molecule has 55 heavy (non-hydrogen) atoms. The molecule has 10 heteroatoms. The van der Waals surface area contributed by atoms with Crippen molar-refractivity contribution in [2.45, 2.75) is 41.5 Å². The topological polar surface area (TPSA) is 123 Å². The zero-order valence-corrected chi connectivity index (χ0v) is 31.4. The first-order chi connectivity index (χ1) is 26.8. The van der Waals surface area contributed by atoms with Gasteiger partial charge in [-0.15, -0.1) is 11.8 Å². The van der Waals surface area contributed by atoms with E-state index in [0.717, 1.165) is 38.9 Å². The van der Waals surface area contributed by atoms with Gasteiger partial charge in [-0.05, 0) is 58.2 Å². The van der Waals surface area contributed by atoms with Gasteiger partial charge in [-0.1, -0.05) is 140 Å². The van der Waals surface area contributed by atoms with E-state index in [2.05, 4.69) is 64.5 Å². The minimum Gasteiger partial charge on any atom is -0.468 e. The van der Waals surface area contributed by atoms with Crippen LogP contribution in [0.15, 0.2) is 140 Å². The molecule has 280 valence electrons. The molecule has 0 heterocycles. The number of esters is 1. The zero-order valence-electron chi connectivity index (χ0n) is 30.5. The molecule has 0 saturated heterocycles. The molecule has 1 fully saturated rings. The molecule has 0 radical (unpaired) electrons. The van der Waals surface area contributed by atoms with Gasteiger partial charge in [-0.3, -0.25) is 14.4 Å². The maximum atomic E-state index is 14.4. The molecule has 9 nitrogen and oxygen atoms in total. The molecular weight excluding hydrogens is 711 g/mol. The number of nitrogens with one attached hydrogen (secondary N) is 3. The van der Waals surface area contributed by atoms with Crippen molar-refractivity contribution in [3.63, 3.8) is 0 Å². The highest BCUT2D eigenvalue weighted by Crippen LogP contribution is 2.49. The molecule has 7 rings (SSSR count). The molecular formula is C45H43N3O6S. The molecule has 0 aliphatic heterocycles. The second-order valence-electron chi connectivity index (χ2n) is 13.8. The number of hydrogen-bond donors (Lipinski definition) is 3. The number of benzene rings is 5. The first kappa shape index (κ1) is 37.4. The van der Waals surface area contributed by atoms with Crippen molar-refractivity contribution < 1.29 is 28.7 Å². The van der Waals surface area contributed by atoms with E-state index < -0.39 is 40.2 Å². The van der Waals surface area contributed by atoms with Crippen LogP contribution in [0.1, 0.15) is 53.0 Å². The van der Waals surface area contributed by atoms with Gasteiger partial charge >= 0.3 is 12.1 Å². The number of hydrogen-bond acceptors (Lipinski definition) is 7. The molecule has 2 aliphatic carbocycles. The van der Waals surface area contributed by atoms with E-state index in [1.807, 2.05) is 91.0 Å². The number of carbonyl (C=O) groups excluding carboxylic acids is 4. The summed E-state index contributed by atoms with van der Waals surface area (Å²) in [5, 5.41) is 8.46. The van der Waals surface area contributed by atoms with Gasteiger partial charge in [0.05, 0.1) is 11.9 Å². The Morgan fingerprint density at radius 1 is 0.727 bits per heavy atom. The summed E-state index contributed by atoms with van der Waals surface area (Å²) in [6.45, 7) is -0.249. The second kappa shape index (κ2) is 16.7. The summed E-state index contributed by atoms with van der Waals surface area (Å²) in [6, 6.07) is 45.3. The molecule has 0 spiro atoms. The van der Waals surface area contributed by atoms with Crippen LogP contribution in [-0.2, 0) is 28.6 Å². The Morgan fingerprint density at radius 2 is 1.22 bits per heavy atom. The van der Waals surface area contributed by atoms with E-state index >= 15 is 0 Å². The molecule has 0 unspecified atom stereocenters. The highest BCUT2D eigenvalue weighted by Gasteiger charge is 2.47. The highest BCUT2D eigenvalue weighted by molar-refractivity contribution is 8.00. The van der Waals surface area contributed by atoms with Gasteiger partial charge in [0.1, 0.15) is 24.7 Å². The first-order valence-corrected chi connectivity index (χ1v) is 19.4. The van der Waals surface area contributed by atoms with Gasteiger partial charge in [0, 0.05) is 11.7 Å². The van der Waals surface area contributed by atoms with Crippen molar-refractivity contribution in [3.05, 3.63) is 167 Å². The van der Waals surface area contributed by atoms with Crippen molar-refractivity contribution >= 4 is 35.6 Å². The van der Waals surface area contributed by atoms with Gasteiger partial charge in [0.15, 0.2) is 0 Å². The third-order valence-electron chi connectivity index (χ3n) is 10.6. The largest absolute Gasteiger partial charge is 0.468 e. The summed E-state index contributed by atoms with van der Waals surface area (Å²) in [4.78, 5) is 53.5. The predicted octanol–water partition coefficient (Wildman–Crippen LogP) is 6.95. The van der Waals surface area contributed by atoms with Gasteiger partial charge in [-0.25, -0.2) is 4.79 Å². The number of methoxy groups -OCH3 is 1. The Balaban J connectivity index is 1.18. The SMILES string of the molecule is COC(=O)CNC(=O)C1(NC(=O)[C@@H](CSC(c2ccccc2)(c2ccccc2)c2ccccc2)NC(=O)OCC2c3ccccc3-c3ccccc32)CCC1. The van der Waals surface area contributed by atoms with Crippen LogP contribution in [0.5, 0.6) is 0 Å². The lowest BCUT2D eigenvalue weighted by atomic mass is 9.75. The van der Waals surface area contributed by atoms with Crippen molar-refractivity contribution in [3.8, 4) is 11.1 Å². The Morgan fingerprint density at radius 3 is 1.69 bits per heavy atom. The molecule has 2 aliphatic rings. The molecule has 0 bridgehead atoms. The average Bonchev–Trinajstić information content (AvgIpc) is 3.54. The van der Waals surface area contributed by atoms with Gasteiger partial charge in [-0.2, -0.15) is 0 Å². The maximum absolute atomic E-state index is 14.4. The van der Waals surface area contributed by atoms with Crippen LogP contribution < -0.4 is 16.0 Å². The second-order valence-corrected chi connectivity index (χ2v) is 15.0. The Bertz CT molecular complexity index is 2000. The molecule has 1 atom stereocenters. The van der Waals surface area contributed by atoms with Crippen LogP contribution >= 0.6 is 11.8 Å². The molecule has 3 N–H and O–H groups in total. The minimum atomic E-state index is -1.23. The van der Waals surface area contributed by atoms with Crippen molar-refractivity contribution in [1.82, 2.24) is 16.0 Å². The summed E-state index contributed by atoms with van der Waals surface area (Å²) >= 11 is 1.52. The quantitative estimate of drug-likeness (QED) is 0.0829. The third-order valence-corrected chi connectivity index (χ3v) is 12.2. The monoisotopic (exact) mass is 753 g/mol. The number of amides is 3. The summed E-state index contributed by atoms with van der Waals surface area (Å²) in [6.07, 6.45) is 0.742. The lowest BCUT2D eigenvalue weighted by molar-refractivity contribution is -0.143. The van der Waals surface area contributed by atoms with Crippen LogP contribution in [0.25, 0.3) is 11.1 Å². The molecule has 5 aromatic rings. The van der Waals surface area contributed by atoms with E-state index in [1.165, 1.54) is 18.9 Å². The Kier molecular flexibility index (Phi) is 11.3. The maximum Gasteiger partial charge on any atom is 0.407 e.